The van der Waals surface area contributed by atoms with Crippen LogP contribution < -0.4 is 4.90 Å². The third-order valence-corrected chi connectivity index (χ3v) is 6.38. The number of quaternary nitrogens is 1. The van der Waals surface area contributed by atoms with Crippen LogP contribution in [0.5, 0.6) is 0 Å². The van der Waals surface area contributed by atoms with E-state index in [1.54, 1.807) is 16.0 Å². The van der Waals surface area contributed by atoms with Crippen LogP contribution in [0.25, 0.3) is 0 Å². The van der Waals surface area contributed by atoms with E-state index in [1.165, 1.54) is 51.7 Å². The Bertz CT molecular complexity index is 526. The summed E-state index contributed by atoms with van der Waals surface area (Å²) in [7, 11) is 0. The van der Waals surface area contributed by atoms with Gasteiger partial charge in [0.15, 0.2) is 0 Å². The number of benzene rings is 1. The van der Waals surface area contributed by atoms with Gasteiger partial charge < -0.3 is 9.64 Å². The predicted octanol–water partition coefficient (Wildman–Crippen LogP) is 4.23. The van der Waals surface area contributed by atoms with Gasteiger partial charge in [-0.15, -0.1) is 0 Å². The number of rotatable bonds is 7. The van der Waals surface area contributed by atoms with Gasteiger partial charge in [-0.25, -0.2) is 0 Å². The molecule has 0 amide bonds. The van der Waals surface area contributed by atoms with E-state index in [4.69, 9.17) is 4.74 Å². The van der Waals surface area contributed by atoms with Gasteiger partial charge in [-0.05, 0) is 57.3 Å². The summed E-state index contributed by atoms with van der Waals surface area (Å²) >= 11 is 0. The Kier molecular flexibility index (Phi) is 6.22. The predicted molar refractivity (Wildman–Crippen MR) is 105 cm³/mol. The quantitative estimate of drug-likeness (QED) is 0.781. The average Bonchev–Trinajstić information content (AvgIpc) is 2.96. The van der Waals surface area contributed by atoms with Crippen molar-refractivity contribution >= 4 is 0 Å². The molecule has 0 saturated carbocycles. The average molecular weight is 345 g/mol. The van der Waals surface area contributed by atoms with Crippen LogP contribution in [0.3, 0.4) is 0 Å². The van der Waals surface area contributed by atoms with Crippen LogP contribution in [-0.4, -0.2) is 18.8 Å². The smallest absolute Gasteiger partial charge is 0.104 e. The SMILES string of the molecule is CC(C)CC[C@@H](CC[NH+]1Cc2ccccc2C1)[C@@H]1CCOC(C)(C)C1. The summed E-state index contributed by atoms with van der Waals surface area (Å²) in [6.07, 6.45) is 6.67. The first-order chi connectivity index (χ1) is 11.9. The van der Waals surface area contributed by atoms with E-state index in [9.17, 15) is 0 Å². The second kappa shape index (κ2) is 8.22. The van der Waals surface area contributed by atoms with E-state index < -0.39 is 0 Å². The molecule has 0 aromatic heterocycles. The van der Waals surface area contributed by atoms with Gasteiger partial charge in [0.05, 0.1) is 12.1 Å². The van der Waals surface area contributed by atoms with Crippen molar-refractivity contribution in [2.45, 2.75) is 78.5 Å². The van der Waals surface area contributed by atoms with Crippen LogP contribution in [0.4, 0.5) is 0 Å². The van der Waals surface area contributed by atoms with E-state index >= 15 is 0 Å². The summed E-state index contributed by atoms with van der Waals surface area (Å²) in [6, 6.07) is 9.02. The lowest BCUT2D eigenvalue weighted by molar-refractivity contribution is -0.921. The van der Waals surface area contributed by atoms with Gasteiger partial charge in [-0.3, -0.25) is 0 Å². The first-order valence-corrected chi connectivity index (χ1v) is 10.5. The maximum Gasteiger partial charge on any atom is 0.104 e. The van der Waals surface area contributed by atoms with E-state index in [0.29, 0.717) is 0 Å². The Balaban J connectivity index is 1.56. The summed E-state index contributed by atoms with van der Waals surface area (Å²) in [5.41, 5.74) is 3.22. The van der Waals surface area contributed by atoms with Crippen LogP contribution in [0.15, 0.2) is 24.3 Å². The van der Waals surface area contributed by atoms with Crippen LogP contribution >= 0.6 is 0 Å². The van der Waals surface area contributed by atoms with Crippen molar-refractivity contribution in [3.05, 3.63) is 35.4 Å². The highest BCUT2D eigenvalue weighted by Gasteiger charge is 2.34. The van der Waals surface area contributed by atoms with Crippen molar-refractivity contribution in [1.29, 1.82) is 0 Å². The van der Waals surface area contributed by atoms with Gasteiger partial charge in [-0.2, -0.15) is 0 Å². The second-order valence-corrected chi connectivity index (χ2v) is 9.50. The summed E-state index contributed by atoms with van der Waals surface area (Å²) in [4.78, 5) is 1.77. The lowest BCUT2D eigenvalue weighted by Crippen LogP contribution is -3.07. The van der Waals surface area contributed by atoms with E-state index in [1.807, 2.05) is 0 Å². The molecule has 1 aromatic carbocycles. The molecule has 2 aliphatic heterocycles. The van der Waals surface area contributed by atoms with Crippen LogP contribution in [0.2, 0.25) is 0 Å². The molecule has 2 heteroatoms. The van der Waals surface area contributed by atoms with Gasteiger partial charge in [0.1, 0.15) is 13.1 Å². The second-order valence-electron chi connectivity index (χ2n) is 9.50. The van der Waals surface area contributed by atoms with Crippen LogP contribution in [0, 0.1) is 17.8 Å². The van der Waals surface area contributed by atoms with Crippen LogP contribution in [0.1, 0.15) is 70.9 Å². The largest absolute Gasteiger partial charge is 0.376 e. The van der Waals surface area contributed by atoms with Crippen LogP contribution in [-0.2, 0) is 17.8 Å². The normalized spacial score (nSPS) is 24.4. The standard InChI is InChI=1S/C23H37NO/c1-18(2)9-10-19(20-12-14-25-23(3,4)15-20)11-13-24-16-21-7-5-6-8-22(21)17-24/h5-8,18-20H,9-17H2,1-4H3/p+1/t19-,20+/m0/s1. The fourth-order valence-corrected chi connectivity index (χ4v) is 4.91. The molecule has 1 fully saturated rings. The van der Waals surface area contributed by atoms with E-state index in [2.05, 4.69) is 52.0 Å². The lowest BCUT2D eigenvalue weighted by Gasteiger charge is -2.39. The number of fused-ring (bicyclic) bond motifs is 1. The summed E-state index contributed by atoms with van der Waals surface area (Å²) in [6.45, 7) is 14.0. The maximum atomic E-state index is 5.99. The Morgan fingerprint density at radius 1 is 1.08 bits per heavy atom. The highest BCUT2D eigenvalue weighted by molar-refractivity contribution is 5.27. The Hall–Kier alpha value is -0.860. The molecule has 2 atom stereocenters. The van der Waals surface area contributed by atoms with Crippen molar-refractivity contribution in [1.82, 2.24) is 0 Å². The summed E-state index contributed by atoms with van der Waals surface area (Å²) < 4.78 is 5.99. The molecule has 1 aromatic rings. The van der Waals surface area contributed by atoms with Gasteiger partial charge in [0.25, 0.3) is 0 Å². The van der Waals surface area contributed by atoms with E-state index in [0.717, 1.165) is 24.4 Å². The van der Waals surface area contributed by atoms with Gasteiger partial charge in [0.2, 0.25) is 0 Å². The molecule has 140 valence electrons. The van der Waals surface area contributed by atoms with Gasteiger partial charge in [-0.1, -0.05) is 44.5 Å². The number of nitrogens with one attached hydrogen (secondary N) is 1. The molecule has 2 nitrogen and oxygen atoms in total. The molecular weight excluding hydrogens is 306 g/mol. The first kappa shape index (κ1) is 18.9. The molecule has 25 heavy (non-hydrogen) atoms. The molecular formula is C23H38NO+. The fourth-order valence-electron chi connectivity index (χ4n) is 4.91. The molecule has 1 N–H and O–H groups in total. The van der Waals surface area contributed by atoms with Gasteiger partial charge in [0, 0.05) is 17.7 Å². The van der Waals surface area contributed by atoms with Crippen molar-refractivity contribution in [3.8, 4) is 0 Å². The van der Waals surface area contributed by atoms with Crippen molar-refractivity contribution in [2.75, 3.05) is 13.2 Å². The molecule has 0 spiro atoms. The minimum atomic E-state index is 0.0791. The fraction of sp³-hybridized carbons (Fsp3) is 0.739. The first-order valence-electron chi connectivity index (χ1n) is 10.5. The molecule has 0 radical (unpaired) electrons. The molecule has 0 aliphatic carbocycles. The van der Waals surface area contributed by atoms with Crippen molar-refractivity contribution in [3.63, 3.8) is 0 Å². The maximum absolute atomic E-state index is 5.99. The summed E-state index contributed by atoms with van der Waals surface area (Å²) in [5.74, 6) is 2.55. The minimum absolute atomic E-state index is 0.0791. The molecule has 1 saturated heterocycles. The van der Waals surface area contributed by atoms with E-state index in [-0.39, 0.29) is 5.60 Å². The number of hydrogen-bond acceptors (Lipinski definition) is 1. The van der Waals surface area contributed by atoms with Crippen molar-refractivity contribution in [2.24, 2.45) is 17.8 Å². The molecule has 0 unspecified atom stereocenters. The van der Waals surface area contributed by atoms with Crippen molar-refractivity contribution < 1.29 is 9.64 Å². The number of hydrogen-bond donors (Lipinski definition) is 1. The molecule has 3 rings (SSSR count). The highest BCUT2D eigenvalue weighted by Crippen LogP contribution is 2.37. The van der Waals surface area contributed by atoms with Gasteiger partial charge >= 0.3 is 0 Å². The molecule has 2 heterocycles. The topological polar surface area (TPSA) is 13.7 Å². The zero-order valence-corrected chi connectivity index (χ0v) is 16.8. The zero-order valence-electron chi connectivity index (χ0n) is 16.8. The number of ether oxygens (including phenoxy) is 1. The molecule has 0 bridgehead atoms. The third-order valence-electron chi connectivity index (χ3n) is 6.38. The summed E-state index contributed by atoms with van der Waals surface area (Å²) in [5, 5.41) is 0. The molecule has 2 aliphatic rings. The monoisotopic (exact) mass is 344 g/mol. The Morgan fingerprint density at radius 3 is 2.36 bits per heavy atom. The Labute approximate surface area is 154 Å². The highest BCUT2D eigenvalue weighted by atomic mass is 16.5. The minimum Gasteiger partial charge on any atom is -0.376 e. The lowest BCUT2D eigenvalue weighted by atomic mass is 9.75. The third kappa shape index (κ3) is 5.31. The Morgan fingerprint density at radius 2 is 1.76 bits per heavy atom. The zero-order chi connectivity index (χ0) is 17.9.